The summed E-state index contributed by atoms with van der Waals surface area (Å²) in [5.74, 6) is 0.385. The SMILES string of the molecule is O=C1CC(COCc2ccccc2)CC=C1CCCS(=O)(=O)c1ccccc1. The van der Waals surface area contributed by atoms with Crippen molar-refractivity contribution in [2.24, 2.45) is 5.92 Å². The quantitative estimate of drug-likeness (QED) is 0.630. The van der Waals surface area contributed by atoms with Gasteiger partial charge in [0.05, 0.1) is 23.9 Å². The van der Waals surface area contributed by atoms with Crippen LogP contribution in [0.4, 0.5) is 0 Å². The Morgan fingerprint density at radius 2 is 1.64 bits per heavy atom. The van der Waals surface area contributed by atoms with Crippen LogP contribution in [0, 0.1) is 5.92 Å². The average Bonchev–Trinajstić information content (AvgIpc) is 2.71. The van der Waals surface area contributed by atoms with Crippen LogP contribution in [0.15, 0.2) is 77.2 Å². The van der Waals surface area contributed by atoms with Gasteiger partial charge in [-0.05, 0) is 48.4 Å². The van der Waals surface area contributed by atoms with Crippen LogP contribution in [0.25, 0.3) is 0 Å². The van der Waals surface area contributed by atoms with E-state index in [1.807, 2.05) is 36.4 Å². The second-order valence-electron chi connectivity index (χ2n) is 7.19. The normalized spacial score (nSPS) is 17.4. The Labute approximate surface area is 167 Å². The molecule has 0 radical (unpaired) electrons. The summed E-state index contributed by atoms with van der Waals surface area (Å²) in [5, 5.41) is 0. The number of allylic oxidation sites excluding steroid dienone is 2. The lowest BCUT2D eigenvalue weighted by Crippen LogP contribution is -2.20. The third-order valence-electron chi connectivity index (χ3n) is 4.96. The van der Waals surface area contributed by atoms with Gasteiger partial charge < -0.3 is 4.74 Å². The van der Waals surface area contributed by atoms with Gasteiger partial charge in [-0.2, -0.15) is 0 Å². The molecule has 28 heavy (non-hydrogen) atoms. The highest BCUT2D eigenvalue weighted by Crippen LogP contribution is 2.25. The number of carbonyl (C=O) groups excluding carboxylic acids is 1. The summed E-state index contributed by atoms with van der Waals surface area (Å²) in [5.41, 5.74) is 1.89. The molecular weight excluding hydrogens is 372 g/mol. The fourth-order valence-corrected chi connectivity index (χ4v) is 4.72. The van der Waals surface area contributed by atoms with Crippen LogP contribution in [0.2, 0.25) is 0 Å². The van der Waals surface area contributed by atoms with E-state index in [0.29, 0.717) is 37.4 Å². The monoisotopic (exact) mass is 398 g/mol. The Balaban J connectivity index is 1.43. The molecule has 1 atom stereocenters. The van der Waals surface area contributed by atoms with E-state index in [4.69, 9.17) is 4.74 Å². The van der Waals surface area contributed by atoms with Gasteiger partial charge in [0, 0.05) is 6.42 Å². The molecule has 5 heteroatoms. The number of ether oxygens (including phenoxy) is 1. The highest BCUT2D eigenvalue weighted by Gasteiger charge is 2.22. The topological polar surface area (TPSA) is 60.4 Å². The van der Waals surface area contributed by atoms with Crippen molar-refractivity contribution >= 4 is 15.6 Å². The molecule has 0 heterocycles. The van der Waals surface area contributed by atoms with Gasteiger partial charge in [-0.1, -0.05) is 54.6 Å². The lowest BCUT2D eigenvalue weighted by molar-refractivity contribution is -0.117. The molecule has 0 N–H and O–H groups in total. The molecule has 0 spiro atoms. The lowest BCUT2D eigenvalue weighted by atomic mass is 9.87. The Morgan fingerprint density at radius 3 is 2.32 bits per heavy atom. The third-order valence-corrected chi connectivity index (χ3v) is 6.77. The van der Waals surface area contributed by atoms with E-state index in [2.05, 4.69) is 0 Å². The van der Waals surface area contributed by atoms with Crippen LogP contribution >= 0.6 is 0 Å². The van der Waals surface area contributed by atoms with Crippen molar-refractivity contribution < 1.29 is 17.9 Å². The first-order valence-corrected chi connectivity index (χ1v) is 11.3. The van der Waals surface area contributed by atoms with Crippen molar-refractivity contribution in [2.75, 3.05) is 12.4 Å². The Kier molecular flexibility index (Phi) is 7.18. The van der Waals surface area contributed by atoms with Crippen LogP contribution in [0.1, 0.15) is 31.2 Å². The number of ketones is 1. The zero-order chi connectivity index (χ0) is 19.8. The number of carbonyl (C=O) groups is 1. The van der Waals surface area contributed by atoms with Crippen molar-refractivity contribution in [3.8, 4) is 0 Å². The molecule has 0 bridgehead atoms. The predicted molar refractivity (Wildman–Crippen MR) is 110 cm³/mol. The van der Waals surface area contributed by atoms with Crippen molar-refractivity contribution in [3.63, 3.8) is 0 Å². The molecule has 0 aromatic heterocycles. The fraction of sp³-hybridized carbons (Fsp3) is 0.348. The molecule has 148 valence electrons. The van der Waals surface area contributed by atoms with Crippen LogP contribution in [-0.4, -0.2) is 26.6 Å². The molecule has 0 saturated heterocycles. The summed E-state index contributed by atoms with van der Waals surface area (Å²) in [6.07, 6.45) is 4.23. The summed E-state index contributed by atoms with van der Waals surface area (Å²) in [6, 6.07) is 18.4. The van der Waals surface area contributed by atoms with Crippen molar-refractivity contribution in [2.45, 2.75) is 37.2 Å². The first kappa shape index (κ1) is 20.5. The molecule has 4 nitrogen and oxygen atoms in total. The molecule has 2 aromatic rings. The lowest BCUT2D eigenvalue weighted by Gasteiger charge is -2.21. The largest absolute Gasteiger partial charge is 0.376 e. The van der Waals surface area contributed by atoms with Crippen molar-refractivity contribution in [1.29, 1.82) is 0 Å². The number of hydrogen-bond acceptors (Lipinski definition) is 4. The minimum Gasteiger partial charge on any atom is -0.376 e. The Bertz CT molecular complexity index is 902. The fourth-order valence-electron chi connectivity index (χ4n) is 3.38. The number of hydrogen-bond donors (Lipinski definition) is 0. The molecule has 0 aliphatic heterocycles. The van der Waals surface area contributed by atoms with E-state index >= 15 is 0 Å². The minimum atomic E-state index is -3.29. The van der Waals surface area contributed by atoms with E-state index in [1.54, 1.807) is 30.3 Å². The summed E-state index contributed by atoms with van der Waals surface area (Å²) in [7, 11) is -3.29. The summed E-state index contributed by atoms with van der Waals surface area (Å²) < 4.78 is 30.4. The number of sulfone groups is 1. The zero-order valence-corrected chi connectivity index (χ0v) is 16.7. The summed E-state index contributed by atoms with van der Waals surface area (Å²) in [6.45, 7) is 1.12. The van der Waals surface area contributed by atoms with Gasteiger partial charge in [-0.25, -0.2) is 8.42 Å². The van der Waals surface area contributed by atoms with Crippen molar-refractivity contribution in [1.82, 2.24) is 0 Å². The predicted octanol–water partition coefficient (Wildman–Crippen LogP) is 4.36. The number of rotatable bonds is 9. The molecule has 1 aliphatic rings. The first-order valence-electron chi connectivity index (χ1n) is 9.66. The molecular formula is C23H26O4S. The maximum absolute atomic E-state index is 12.4. The van der Waals surface area contributed by atoms with E-state index < -0.39 is 9.84 Å². The van der Waals surface area contributed by atoms with Crippen LogP contribution in [0.3, 0.4) is 0 Å². The Morgan fingerprint density at radius 1 is 0.964 bits per heavy atom. The molecule has 2 aromatic carbocycles. The standard InChI is InChI=1S/C23H26O4S/c24-23-16-20(18-27-17-19-8-3-1-4-9-19)13-14-21(23)10-7-15-28(25,26)22-11-5-2-6-12-22/h1-6,8-9,11-12,14,20H,7,10,13,15-18H2. The highest BCUT2D eigenvalue weighted by molar-refractivity contribution is 7.91. The molecule has 0 saturated carbocycles. The highest BCUT2D eigenvalue weighted by atomic mass is 32.2. The number of benzene rings is 2. The van der Waals surface area contributed by atoms with Gasteiger partial charge in [0.15, 0.2) is 15.6 Å². The van der Waals surface area contributed by atoms with E-state index in [-0.39, 0.29) is 17.5 Å². The molecule has 1 unspecified atom stereocenters. The second-order valence-corrected chi connectivity index (χ2v) is 9.30. The molecule has 0 amide bonds. The third kappa shape index (κ3) is 5.88. The van der Waals surface area contributed by atoms with Gasteiger partial charge in [0.25, 0.3) is 0 Å². The van der Waals surface area contributed by atoms with Gasteiger partial charge in [-0.3, -0.25) is 4.79 Å². The van der Waals surface area contributed by atoms with Gasteiger partial charge in [0.1, 0.15) is 0 Å². The first-order chi connectivity index (χ1) is 13.5. The minimum absolute atomic E-state index is 0.0608. The van der Waals surface area contributed by atoms with Crippen LogP contribution in [0.5, 0.6) is 0 Å². The summed E-state index contributed by atoms with van der Waals surface area (Å²) >= 11 is 0. The van der Waals surface area contributed by atoms with Crippen molar-refractivity contribution in [3.05, 3.63) is 77.9 Å². The smallest absolute Gasteiger partial charge is 0.178 e. The van der Waals surface area contributed by atoms with E-state index in [9.17, 15) is 13.2 Å². The van der Waals surface area contributed by atoms with Gasteiger partial charge in [-0.15, -0.1) is 0 Å². The van der Waals surface area contributed by atoms with Gasteiger partial charge >= 0.3 is 0 Å². The maximum Gasteiger partial charge on any atom is 0.178 e. The van der Waals surface area contributed by atoms with Crippen LogP contribution in [-0.2, 0) is 26.0 Å². The van der Waals surface area contributed by atoms with E-state index in [0.717, 1.165) is 17.6 Å². The second kappa shape index (κ2) is 9.80. The van der Waals surface area contributed by atoms with E-state index in [1.165, 1.54) is 0 Å². The molecule has 3 rings (SSSR count). The van der Waals surface area contributed by atoms with Crippen LogP contribution < -0.4 is 0 Å². The Hall–Kier alpha value is -2.24. The molecule has 0 fully saturated rings. The average molecular weight is 399 g/mol. The summed E-state index contributed by atoms with van der Waals surface area (Å²) in [4.78, 5) is 12.7. The zero-order valence-electron chi connectivity index (χ0n) is 15.9. The molecule has 1 aliphatic carbocycles. The number of Topliss-reactive ketones (excluding diaryl/α,β-unsaturated/α-hetero) is 1. The van der Waals surface area contributed by atoms with Gasteiger partial charge in [0.2, 0.25) is 0 Å². The maximum atomic E-state index is 12.4.